The highest BCUT2D eigenvalue weighted by atomic mass is 19.1. The van der Waals surface area contributed by atoms with Crippen LogP contribution in [0.15, 0.2) is 70.4 Å². The van der Waals surface area contributed by atoms with Crippen molar-refractivity contribution in [3.8, 4) is 5.69 Å². The number of fused-ring (bicyclic) bond motifs is 1. The van der Waals surface area contributed by atoms with E-state index in [1.54, 1.807) is 36.4 Å². The Kier molecular flexibility index (Phi) is 8.27. The summed E-state index contributed by atoms with van der Waals surface area (Å²) in [6.07, 6.45) is 1.13. The second-order valence-corrected chi connectivity index (χ2v) is 10.1. The fourth-order valence-corrected chi connectivity index (χ4v) is 5.12. The fourth-order valence-electron chi connectivity index (χ4n) is 5.12. The Hall–Kier alpha value is -4.68. The number of amides is 1. The maximum atomic E-state index is 15.0. The predicted molar refractivity (Wildman–Crippen MR) is 150 cm³/mol. The molecule has 1 atom stereocenters. The van der Waals surface area contributed by atoms with Gasteiger partial charge in [-0.05, 0) is 34.7 Å². The highest BCUT2D eigenvalue weighted by Crippen LogP contribution is 2.25. The largest absolute Gasteiger partial charge is 0.480 e. The number of carbonyl (C=O) groups excluding carboxylic acids is 1. The zero-order chi connectivity index (χ0) is 30.0. The molecule has 12 heteroatoms. The molecule has 1 saturated heterocycles. The minimum atomic E-state index is -1.54. The van der Waals surface area contributed by atoms with Gasteiger partial charge in [0.2, 0.25) is 0 Å². The first kappa shape index (κ1) is 28.8. The van der Waals surface area contributed by atoms with Crippen LogP contribution in [0.5, 0.6) is 0 Å². The third-order valence-electron chi connectivity index (χ3n) is 7.25. The van der Waals surface area contributed by atoms with Crippen LogP contribution in [0.2, 0.25) is 0 Å². The molecule has 1 aromatic heterocycles. The molecule has 0 aliphatic carbocycles. The maximum absolute atomic E-state index is 15.0. The molecule has 0 unspecified atom stereocenters. The summed E-state index contributed by atoms with van der Waals surface area (Å²) in [7, 11) is 1.51. The number of hydrogen-bond acceptors (Lipinski definition) is 6. The number of aliphatic carboxylic acids is 1. The minimum Gasteiger partial charge on any atom is -0.480 e. The van der Waals surface area contributed by atoms with Gasteiger partial charge in [-0.1, -0.05) is 30.3 Å². The normalized spacial score (nSPS) is 14.5. The number of benzene rings is 3. The van der Waals surface area contributed by atoms with E-state index in [1.807, 2.05) is 4.90 Å². The van der Waals surface area contributed by atoms with Gasteiger partial charge in [-0.2, -0.15) is 0 Å². The molecule has 2 heterocycles. The lowest BCUT2D eigenvalue weighted by Gasteiger charge is -2.26. The summed E-state index contributed by atoms with van der Waals surface area (Å²) in [4.78, 5) is 52.4. The number of carbonyl (C=O) groups is 2. The summed E-state index contributed by atoms with van der Waals surface area (Å²) in [5, 5.41) is 13.2. The molecule has 0 spiro atoms. The molecule has 2 N–H and O–H groups in total. The molecular weight excluding hydrogens is 550 g/mol. The number of carboxylic acids is 1. The zero-order valence-corrected chi connectivity index (χ0v) is 22.7. The van der Waals surface area contributed by atoms with Crippen LogP contribution in [0.4, 0.5) is 8.78 Å². The van der Waals surface area contributed by atoms with Crippen LogP contribution in [0.3, 0.4) is 0 Å². The average molecular weight is 579 g/mol. The monoisotopic (exact) mass is 578 g/mol. The van der Waals surface area contributed by atoms with Crippen LogP contribution in [0, 0.1) is 11.6 Å². The molecule has 42 heavy (non-hydrogen) atoms. The van der Waals surface area contributed by atoms with Crippen molar-refractivity contribution in [2.45, 2.75) is 19.0 Å². The van der Waals surface area contributed by atoms with E-state index in [1.165, 1.54) is 23.9 Å². The van der Waals surface area contributed by atoms with Crippen LogP contribution < -0.4 is 16.6 Å². The third-order valence-corrected chi connectivity index (χ3v) is 7.25. The number of aryl methyl sites for hydroxylation is 1. The topological polar surface area (TPSA) is 123 Å². The Labute approximate surface area is 238 Å². The van der Waals surface area contributed by atoms with Gasteiger partial charge >= 0.3 is 11.7 Å². The van der Waals surface area contributed by atoms with E-state index in [2.05, 4.69) is 5.32 Å². The van der Waals surface area contributed by atoms with Crippen LogP contribution >= 0.6 is 0 Å². The highest BCUT2D eigenvalue weighted by Gasteiger charge is 2.27. The third kappa shape index (κ3) is 5.85. The first-order valence-electron chi connectivity index (χ1n) is 13.3. The van der Waals surface area contributed by atoms with Gasteiger partial charge < -0.3 is 19.7 Å². The van der Waals surface area contributed by atoms with Gasteiger partial charge in [-0.25, -0.2) is 22.9 Å². The van der Waals surface area contributed by atoms with E-state index >= 15 is 0 Å². The van der Waals surface area contributed by atoms with Crippen molar-refractivity contribution in [3.05, 3.63) is 110 Å². The van der Waals surface area contributed by atoms with Gasteiger partial charge in [-0.3, -0.25) is 14.5 Å². The zero-order valence-electron chi connectivity index (χ0n) is 22.7. The molecular formula is C30H28F2N4O6. The van der Waals surface area contributed by atoms with Gasteiger partial charge in [-0.15, -0.1) is 0 Å². The van der Waals surface area contributed by atoms with E-state index < -0.39 is 46.4 Å². The Morgan fingerprint density at radius 3 is 2.36 bits per heavy atom. The number of halogens is 2. The van der Waals surface area contributed by atoms with Crippen LogP contribution in [-0.2, 0) is 29.5 Å². The number of rotatable bonds is 8. The standard InChI is InChI=1S/C30H28F2N4O6/c1-34-9-8-26(37)36(30(34)41)25-7-3-5-20-19(4-2-6-21(20)25)16-24(29(39)40)33-28(38)27-22(31)14-18(15-23(27)32)17-35-10-12-42-13-11-35/h2-9,14-15,24H,10-13,16-17H2,1H3,(H,33,38)(H,39,40)/t24-/m0/s1. The van der Waals surface area contributed by atoms with Gasteiger partial charge in [0.25, 0.3) is 11.5 Å². The lowest BCUT2D eigenvalue weighted by atomic mass is 9.97. The van der Waals surface area contributed by atoms with Crippen molar-refractivity contribution in [1.82, 2.24) is 19.4 Å². The number of nitrogens with one attached hydrogen (secondary N) is 1. The first-order valence-corrected chi connectivity index (χ1v) is 13.3. The number of nitrogens with zero attached hydrogens (tertiary/aromatic N) is 3. The van der Waals surface area contributed by atoms with E-state index in [0.29, 0.717) is 53.9 Å². The summed E-state index contributed by atoms with van der Waals surface area (Å²) in [6, 6.07) is 11.7. The summed E-state index contributed by atoms with van der Waals surface area (Å²) in [5.74, 6) is -4.79. The fraction of sp³-hybridized carbons (Fsp3) is 0.267. The van der Waals surface area contributed by atoms with Gasteiger partial charge in [0, 0.05) is 50.8 Å². The van der Waals surface area contributed by atoms with Crippen molar-refractivity contribution >= 4 is 22.6 Å². The molecule has 1 amide bonds. The second-order valence-electron chi connectivity index (χ2n) is 10.1. The molecule has 1 aliphatic rings. The van der Waals surface area contributed by atoms with Crippen LogP contribution in [-0.4, -0.2) is 63.4 Å². The van der Waals surface area contributed by atoms with Crippen molar-refractivity contribution in [3.63, 3.8) is 0 Å². The Balaban J connectivity index is 1.42. The number of ether oxygens (including phenoxy) is 1. The van der Waals surface area contributed by atoms with Crippen molar-refractivity contribution in [1.29, 1.82) is 0 Å². The van der Waals surface area contributed by atoms with Gasteiger partial charge in [0.1, 0.15) is 23.2 Å². The molecule has 218 valence electrons. The summed E-state index contributed by atoms with van der Waals surface area (Å²) in [5.41, 5.74) is -0.839. The lowest BCUT2D eigenvalue weighted by molar-refractivity contribution is -0.139. The van der Waals surface area contributed by atoms with Crippen molar-refractivity contribution in [2.75, 3.05) is 26.3 Å². The number of hydrogen-bond donors (Lipinski definition) is 2. The van der Waals surface area contributed by atoms with Crippen LogP contribution in [0.25, 0.3) is 16.5 Å². The quantitative estimate of drug-likeness (QED) is 0.329. The van der Waals surface area contributed by atoms with Crippen LogP contribution in [0.1, 0.15) is 21.5 Å². The molecule has 1 aliphatic heterocycles. The molecule has 0 bridgehead atoms. The lowest BCUT2D eigenvalue weighted by Crippen LogP contribution is -2.43. The van der Waals surface area contributed by atoms with E-state index in [0.717, 1.165) is 16.7 Å². The van der Waals surface area contributed by atoms with Gasteiger partial charge in [0.15, 0.2) is 0 Å². The molecule has 4 aromatic rings. The first-order chi connectivity index (χ1) is 20.1. The van der Waals surface area contributed by atoms with E-state index in [4.69, 9.17) is 4.74 Å². The average Bonchev–Trinajstić information content (AvgIpc) is 2.95. The summed E-state index contributed by atoms with van der Waals surface area (Å²) < 4.78 is 37.5. The SMILES string of the molecule is Cn1ccc(=O)n(-c2cccc3c(C[C@H](NC(=O)c4c(F)cc(CN5CCOCC5)cc4F)C(=O)O)cccc23)c1=O. The summed E-state index contributed by atoms with van der Waals surface area (Å²) >= 11 is 0. The molecule has 10 nitrogen and oxygen atoms in total. The maximum Gasteiger partial charge on any atom is 0.335 e. The van der Waals surface area contributed by atoms with E-state index in [9.17, 15) is 33.1 Å². The number of morpholine rings is 1. The van der Waals surface area contributed by atoms with E-state index in [-0.39, 0.29) is 13.0 Å². The molecule has 3 aromatic carbocycles. The second kappa shape index (κ2) is 12.0. The highest BCUT2D eigenvalue weighted by molar-refractivity contribution is 5.98. The van der Waals surface area contributed by atoms with Crippen molar-refractivity contribution < 1.29 is 28.2 Å². The Bertz CT molecular complexity index is 1770. The molecule has 5 rings (SSSR count). The molecule has 0 radical (unpaired) electrons. The molecule has 0 saturated carbocycles. The number of aromatic nitrogens is 2. The van der Waals surface area contributed by atoms with Gasteiger partial charge in [0.05, 0.1) is 18.9 Å². The summed E-state index contributed by atoms with van der Waals surface area (Å²) in [6.45, 7) is 2.54. The van der Waals surface area contributed by atoms with Crippen molar-refractivity contribution in [2.24, 2.45) is 7.05 Å². The Morgan fingerprint density at radius 2 is 1.67 bits per heavy atom. The number of carboxylic acid groups (broad SMARTS) is 1. The molecule has 1 fully saturated rings. The smallest absolute Gasteiger partial charge is 0.335 e. The predicted octanol–water partition coefficient (Wildman–Crippen LogP) is 2.23. The Morgan fingerprint density at radius 1 is 1.00 bits per heavy atom. The minimum absolute atomic E-state index is 0.234.